The van der Waals surface area contributed by atoms with Crippen LogP contribution < -0.4 is 9.47 Å². The summed E-state index contributed by atoms with van der Waals surface area (Å²) >= 11 is 6.30. The van der Waals surface area contributed by atoms with Crippen LogP contribution in [-0.2, 0) is 0 Å². The molecule has 1 aliphatic carbocycles. The number of Topliss-reactive ketones (excluding diaryl/α,β-unsaturated/α-hetero) is 1. The van der Waals surface area contributed by atoms with Crippen molar-refractivity contribution >= 4 is 17.4 Å². The molecule has 1 aromatic carbocycles. The molecule has 0 aromatic heterocycles. The van der Waals surface area contributed by atoms with Crippen molar-refractivity contribution in [3.8, 4) is 11.5 Å². The van der Waals surface area contributed by atoms with Gasteiger partial charge in [-0.05, 0) is 38.7 Å². The molecule has 21 heavy (non-hydrogen) atoms. The van der Waals surface area contributed by atoms with E-state index < -0.39 is 0 Å². The molecule has 0 bridgehead atoms. The Morgan fingerprint density at radius 3 is 2.33 bits per heavy atom. The van der Waals surface area contributed by atoms with Gasteiger partial charge in [-0.15, -0.1) is 0 Å². The summed E-state index contributed by atoms with van der Waals surface area (Å²) in [7, 11) is 0. The van der Waals surface area contributed by atoms with Gasteiger partial charge in [0.25, 0.3) is 0 Å². The Balaban J connectivity index is 2.34. The van der Waals surface area contributed by atoms with Crippen LogP contribution in [0.5, 0.6) is 11.5 Å². The van der Waals surface area contributed by atoms with E-state index in [1.807, 2.05) is 13.8 Å². The fourth-order valence-corrected chi connectivity index (χ4v) is 3.24. The Bertz CT molecular complexity index is 513. The molecule has 0 saturated heterocycles. The van der Waals surface area contributed by atoms with Crippen LogP contribution in [-0.4, -0.2) is 19.0 Å². The molecule has 0 N–H and O–H groups in total. The van der Waals surface area contributed by atoms with Crippen molar-refractivity contribution < 1.29 is 14.3 Å². The smallest absolute Gasteiger partial charge is 0.167 e. The van der Waals surface area contributed by atoms with E-state index in [-0.39, 0.29) is 11.7 Å². The predicted molar refractivity (Wildman–Crippen MR) is 84.6 cm³/mol. The molecule has 0 amide bonds. The Kier molecular flexibility index (Phi) is 5.51. The standard InChI is InChI=1S/C17H23ClO3/c1-4-20-15-9-13(14(18)10-16(15)21-5-2)17(19)12-8-6-7-11(12)3/h9-12H,4-8H2,1-3H3. The molecule has 0 radical (unpaired) electrons. The van der Waals surface area contributed by atoms with Gasteiger partial charge in [-0.3, -0.25) is 4.79 Å². The molecule has 2 unspecified atom stereocenters. The lowest BCUT2D eigenvalue weighted by Gasteiger charge is -2.17. The number of benzene rings is 1. The zero-order valence-electron chi connectivity index (χ0n) is 12.9. The summed E-state index contributed by atoms with van der Waals surface area (Å²) in [5.74, 6) is 1.83. The monoisotopic (exact) mass is 310 g/mol. The largest absolute Gasteiger partial charge is 0.490 e. The average molecular weight is 311 g/mol. The van der Waals surface area contributed by atoms with Crippen molar-refractivity contribution in [1.29, 1.82) is 0 Å². The van der Waals surface area contributed by atoms with Crippen molar-refractivity contribution in [1.82, 2.24) is 0 Å². The maximum atomic E-state index is 12.7. The first-order chi connectivity index (χ1) is 10.1. The summed E-state index contributed by atoms with van der Waals surface area (Å²) in [5, 5.41) is 0.450. The summed E-state index contributed by atoms with van der Waals surface area (Å²) in [6, 6.07) is 3.44. The minimum Gasteiger partial charge on any atom is -0.490 e. The third-order valence-electron chi connectivity index (χ3n) is 4.10. The molecule has 116 valence electrons. The van der Waals surface area contributed by atoms with E-state index in [0.29, 0.717) is 41.2 Å². The first-order valence-corrected chi connectivity index (χ1v) is 8.09. The van der Waals surface area contributed by atoms with Crippen LogP contribution in [0, 0.1) is 11.8 Å². The third-order valence-corrected chi connectivity index (χ3v) is 4.41. The normalized spacial score (nSPS) is 21.3. The van der Waals surface area contributed by atoms with Gasteiger partial charge in [0.15, 0.2) is 17.3 Å². The first kappa shape index (κ1) is 16.2. The topological polar surface area (TPSA) is 35.5 Å². The van der Waals surface area contributed by atoms with Gasteiger partial charge in [-0.25, -0.2) is 0 Å². The quantitative estimate of drug-likeness (QED) is 0.711. The van der Waals surface area contributed by atoms with Crippen LogP contribution in [0.2, 0.25) is 5.02 Å². The van der Waals surface area contributed by atoms with Crippen molar-refractivity contribution in [3.05, 3.63) is 22.7 Å². The van der Waals surface area contributed by atoms with Crippen LogP contribution >= 0.6 is 11.6 Å². The molecular formula is C17H23ClO3. The van der Waals surface area contributed by atoms with Gasteiger partial charge in [0, 0.05) is 17.5 Å². The molecule has 1 saturated carbocycles. The van der Waals surface area contributed by atoms with Crippen LogP contribution in [0.1, 0.15) is 50.4 Å². The van der Waals surface area contributed by atoms with Crippen molar-refractivity contribution in [2.75, 3.05) is 13.2 Å². The summed E-state index contributed by atoms with van der Waals surface area (Å²) in [6.07, 6.45) is 3.18. The van der Waals surface area contributed by atoms with Crippen LogP contribution in [0.4, 0.5) is 0 Å². The second-order valence-electron chi connectivity index (χ2n) is 5.52. The van der Waals surface area contributed by atoms with Crippen LogP contribution in [0.15, 0.2) is 12.1 Å². The van der Waals surface area contributed by atoms with E-state index in [9.17, 15) is 4.79 Å². The predicted octanol–water partition coefficient (Wildman–Crippen LogP) is 4.76. The lowest BCUT2D eigenvalue weighted by atomic mass is 9.89. The lowest BCUT2D eigenvalue weighted by molar-refractivity contribution is 0.0896. The molecule has 2 atom stereocenters. The second-order valence-corrected chi connectivity index (χ2v) is 5.93. The highest BCUT2D eigenvalue weighted by Gasteiger charge is 2.32. The molecule has 1 aliphatic rings. The molecule has 4 heteroatoms. The number of hydrogen-bond donors (Lipinski definition) is 0. The van der Waals surface area contributed by atoms with E-state index in [4.69, 9.17) is 21.1 Å². The van der Waals surface area contributed by atoms with E-state index in [0.717, 1.165) is 19.3 Å². The maximum absolute atomic E-state index is 12.7. The number of halogens is 1. The number of ether oxygens (including phenoxy) is 2. The molecular weight excluding hydrogens is 288 g/mol. The van der Waals surface area contributed by atoms with E-state index in [1.165, 1.54) is 0 Å². The molecule has 3 nitrogen and oxygen atoms in total. The van der Waals surface area contributed by atoms with Crippen LogP contribution in [0.3, 0.4) is 0 Å². The minimum atomic E-state index is 0.0786. The average Bonchev–Trinajstić information content (AvgIpc) is 2.87. The lowest BCUT2D eigenvalue weighted by Crippen LogP contribution is -2.18. The van der Waals surface area contributed by atoms with Crippen molar-refractivity contribution in [2.24, 2.45) is 11.8 Å². The Morgan fingerprint density at radius 1 is 1.19 bits per heavy atom. The number of carbonyl (C=O) groups excluding carboxylic acids is 1. The highest BCUT2D eigenvalue weighted by atomic mass is 35.5. The third kappa shape index (κ3) is 3.52. The summed E-state index contributed by atoms with van der Waals surface area (Å²) in [4.78, 5) is 12.7. The summed E-state index contributed by atoms with van der Waals surface area (Å²) in [5.41, 5.74) is 0.558. The molecule has 0 spiro atoms. The van der Waals surface area contributed by atoms with Gasteiger partial charge >= 0.3 is 0 Å². The number of rotatable bonds is 6. The van der Waals surface area contributed by atoms with E-state index in [2.05, 4.69) is 6.92 Å². The van der Waals surface area contributed by atoms with Crippen molar-refractivity contribution in [3.63, 3.8) is 0 Å². The fourth-order valence-electron chi connectivity index (χ4n) is 3.00. The molecule has 2 rings (SSSR count). The zero-order valence-corrected chi connectivity index (χ0v) is 13.7. The zero-order chi connectivity index (χ0) is 15.4. The first-order valence-electron chi connectivity index (χ1n) is 7.71. The highest BCUT2D eigenvalue weighted by molar-refractivity contribution is 6.34. The molecule has 0 aliphatic heterocycles. The number of ketones is 1. The highest BCUT2D eigenvalue weighted by Crippen LogP contribution is 2.39. The second kappa shape index (κ2) is 7.17. The minimum absolute atomic E-state index is 0.0786. The van der Waals surface area contributed by atoms with Gasteiger partial charge < -0.3 is 9.47 Å². The van der Waals surface area contributed by atoms with E-state index in [1.54, 1.807) is 12.1 Å². The van der Waals surface area contributed by atoms with Gasteiger partial charge in [-0.1, -0.05) is 24.9 Å². The Morgan fingerprint density at radius 2 is 1.81 bits per heavy atom. The Hall–Kier alpha value is -1.22. The fraction of sp³-hybridized carbons (Fsp3) is 0.588. The van der Waals surface area contributed by atoms with Gasteiger partial charge in [0.05, 0.1) is 18.2 Å². The summed E-state index contributed by atoms with van der Waals surface area (Å²) in [6.45, 7) is 7.01. The molecule has 0 heterocycles. The van der Waals surface area contributed by atoms with Gasteiger partial charge in [0.1, 0.15) is 0 Å². The number of carbonyl (C=O) groups is 1. The van der Waals surface area contributed by atoms with Crippen molar-refractivity contribution in [2.45, 2.75) is 40.0 Å². The summed E-state index contributed by atoms with van der Waals surface area (Å²) < 4.78 is 11.1. The Labute approximate surface area is 131 Å². The van der Waals surface area contributed by atoms with Gasteiger partial charge in [0.2, 0.25) is 0 Å². The molecule has 1 aromatic rings. The maximum Gasteiger partial charge on any atom is 0.167 e. The van der Waals surface area contributed by atoms with E-state index >= 15 is 0 Å². The molecule has 1 fully saturated rings. The SMILES string of the molecule is CCOc1cc(Cl)c(C(=O)C2CCCC2C)cc1OCC. The number of hydrogen-bond acceptors (Lipinski definition) is 3. The van der Waals surface area contributed by atoms with Crippen LogP contribution in [0.25, 0.3) is 0 Å². The van der Waals surface area contributed by atoms with Gasteiger partial charge in [-0.2, -0.15) is 0 Å².